The number of fused-ring (bicyclic) bond motifs is 1. The summed E-state index contributed by atoms with van der Waals surface area (Å²) in [4.78, 5) is 12.6. The first-order valence-electron chi connectivity index (χ1n) is 9.91. The lowest BCUT2D eigenvalue weighted by atomic mass is 9.75. The van der Waals surface area contributed by atoms with Gasteiger partial charge in [0.2, 0.25) is 0 Å². The highest BCUT2D eigenvalue weighted by Crippen LogP contribution is 2.39. The molecule has 2 aliphatic carbocycles. The summed E-state index contributed by atoms with van der Waals surface area (Å²) in [5, 5.41) is 7.33. The Bertz CT molecular complexity index is 758. The van der Waals surface area contributed by atoms with Crippen LogP contribution in [0.2, 0.25) is 0 Å². The number of rotatable bonds is 5. The molecule has 2 nitrogen and oxygen atoms in total. The van der Waals surface area contributed by atoms with Gasteiger partial charge < -0.3 is 5.11 Å². The number of benzene rings is 1. The molecule has 0 amide bonds. The summed E-state index contributed by atoms with van der Waals surface area (Å²) >= 11 is 0. The van der Waals surface area contributed by atoms with Crippen molar-refractivity contribution in [3.05, 3.63) is 77.6 Å². The first-order chi connectivity index (χ1) is 12.9. The zero-order valence-electron chi connectivity index (χ0n) is 16.9. The van der Waals surface area contributed by atoms with Crippen molar-refractivity contribution in [2.24, 2.45) is 5.41 Å². The number of hydrogen-bond acceptors (Lipinski definition) is 2. The van der Waals surface area contributed by atoms with E-state index >= 15 is 0 Å². The number of aryl methyl sites for hydroxylation is 1. The van der Waals surface area contributed by atoms with Crippen LogP contribution in [0.3, 0.4) is 0 Å². The van der Waals surface area contributed by atoms with Crippen LogP contribution < -0.4 is 0 Å². The van der Waals surface area contributed by atoms with E-state index in [1.165, 1.54) is 36.0 Å². The molecule has 0 unspecified atom stereocenters. The summed E-state index contributed by atoms with van der Waals surface area (Å²) < 4.78 is 0. The van der Waals surface area contributed by atoms with Crippen LogP contribution in [0.4, 0.5) is 0 Å². The number of aliphatic hydroxyl groups is 1. The van der Waals surface area contributed by atoms with Gasteiger partial charge in [-0.05, 0) is 53.0 Å². The second-order valence-electron chi connectivity index (χ2n) is 8.02. The Balaban J connectivity index is 0.000000817. The van der Waals surface area contributed by atoms with Crippen LogP contribution in [0.15, 0.2) is 66.5 Å². The molecule has 0 aliphatic heterocycles. The largest absolute Gasteiger partial charge is 0.516 e. The smallest absolute Gasteiger partial charge is 0.167 e. The Hall–Kier alpha value is -2.35. The van der Waals surface area contributed by atoms with Crippen LogP contribution in [0.25, 0.3) is 5.57 Å². The van der Waals surface area contributed by atoms with Gasteiger partial charge in [-0.1, -0.05) is 76.6 Å². The number of aliphatic hydroxyl groups excluding tert-OH is 1. The summed E-state index contributed by atoms with van der Waals surface area (Å²) in [6.45, 7) is 9.61. The van der Waals surface area contributed by atoms with E-state index in [4.69, 9.17) is 5.11 Å². The molecule has 1 N–H and O–H groups in total. The average Bonchev–Trinajstić information content (AvgIpc) is 2.62. The first-order valence-corrected chi connectivity index (χ1v) is 9.91. The van der Waals surface area contributed by atoms with E-state index in [2.05, 4.69) is 69.8 Å². The van der Waals surface area contributed by atoms with Gasteiger partial charge >= 0.3 is 0 Å². The third-order valence-electron chi connectivity index (χ3n) is 5.07. The van der Waals surface area contributed by atoms with Gasteiger partial charge in [-0.25, -0.2) is 0 Å². The fourth-order valence-electron chi connectivity index (χ4n) is 3.60. The topological polar surface area (TPSA) is 37.3 Å². The lowest BCUT2D eigenvalue weighted by Gasteiger charge is -2.29. The molecule has 0 atom stereocenters. The van der Waals surface area contributed by atoms with Crippen molar-refractivity contribution in [3.8, 4) is 0 Å². The van der Waals surface area contributed by atoms with Gasteiger partial charge in [0.15, 0.2) is 5.78 Å². The minimum Gasteiger partial charge on any atom is -0.516 e. The Morgan fingerprint density at radius 1 is 1.19 bits per heavy atom. The Labute approximate surface area is 164 Å². The third kappa shape index (κ3) is 5.82. The number of unbranched alkanes of at least 4 members (excludes halogenated alkanes) is 2. The van der Waals surface area contributed by atoms with Gasteiger partial charge in [-0.2, -0.15) is 0 Å². The minimum absolute atomic E-state index is 0.171. The zero-order valence-corrected chi connectivity index (χ0v) is 16.9. The number of carbonyl (C=O) groups is 1. The molecule has 0 heterocycles. The summed E-state index contributed by atoms with van der Waals surface area (Å²) in [6.07, 6.45) is 13.9. The van der Waals surface area contributed by atoms with Crippen LogP contribution in [0.1, 0.15) is 64.0 Å². The predicted molar refractivity (Wildman–Crippen MR) is 115 cm³/mol. The molecule has 2 aliphatic rings. The molecule has 0 saturated heterocycles. The molecule has 0 aromatic heterocycles. The molecule has 0 saturated carbocycles. The molecule has 1 aromatic carbocycles. The van der Waals surface area contributed by atoms with Crippen LogP contribution in [-0.4, -0.2) is 10.9 Å². The van der Waals surface area contributed by atoms with Crippen molar-refractivity contribution in [2.45, 2.75) is 59.3 Å². The maximum absolute atomic E-state index is 12.6. The predicted octanol–water partition coefficient (Wildman–Crippen LogP) is 6.75. The van der Waals surface area contributed by atoms with Crippen LogP contribution in [-0.2, 0) is 11.2 Å². The van der Waals surface area contributed by atoms with Crippen molar-refractivity contribution in [1.82, 2.24) is 0 Å². The lowest BCUT2D eigenvalue weighted by Crippen LogP contribution is -2.17. The highest BCUT2D eigenvalue weighted by atomic mass is 16.2. The van der Waals surface area contributed by atoms with Crippen molar-refractivity contribution in [2.75, 3.05) is 0 Å². The molecular formula is C25H32O2. The third-order valence-corrected chi connectivity index (χ3v) is 5.07. The van der Waals surface area contributed by atoms with E-state index in [1.54, 1.807) is 0 Å². The van der Waals surface area contributed by atoms with E-state index in [1.807, 2.05) is 0 Å². The van der Waals surface area contributed by atoms with Crippen LogP contribution in [0, 0.1) is 5.41 Å². The quantitative estimate of drug-likeness (QED) is 0.463. The van der Waals surface area contributed by atoms with Gasteiger partial charge in [0.25, 0.3) is 0 Å². The van der Waals surface area contributed by atoms with Crippen LogP contribution >= 0.6 is 0 Å². The number of Topliss-reactive ketones (excluding diaryl/α,β-unsaturated/α-hetero) is 1. The van der Waals surface area contributed by atoms with Crippen molar-refractivity contribution in [3.63, 3.8) is 0 Å². The van der Waals surface area contributed by atoms with Gasteiger partial charge in [0.05, 0.1) is 6.26 Å². The second-order valence-corrected chi connectivity index (χ2v) is 8.02. The summed E-state index contributed by atoms with van der Waals surface area (Å²) in [7, 11) is 0. The second kappa shape index (κ2) is 9.55. The summed E-state index contributed by atoms with van der Waals surface area (Å²) in [5.41, 5.74) is 5.93. The van der Waals surface area contributed by atoms with Gasteiger partial charge in [-0.15, -0.1) is 0 Å². The fourth-order valence-corrected chi connectivity index (χ4v) is 3.60. The standard InChI is InChI=1S/C23H28O.C2H4O/c1-4-5-6-7-17-8-10-18(11-9-17)21-14-19-12-13-23(2,3)16-20(19)15-22(21)24;1-2-3/h8-12,14,16H,4-7,13,15H2,1-3H3;2-3H,1H2. The van der Waals surface area contributed by atoms with Crippen molar-refractivity contribution < 1.29 is 9.90 Å². The van der Waals surface area contributed by atoms with E-state index in [0.29, 0.717) is 6.42 Å². The Kier molecular flexibility index (Phi) is 7.41. The summed E-state index contributed by atoms with van der Waals surface area (Å²) in [6, 6.07) is 8.60. The Morgan fingerprint density at radius 3 is 2.48 bits per heavy atom. The van der Waals surface area contributed by atoms with E-state index in [0.717, 1.165) is 30.2 Å². The first kappa shape index (κ1) is 21.0. The van der Waals surface area contributed by atoms with Gasteiger partial charge in [0.1, 0.15) is 0 Å². The van der Waals surface area contributed by atoms with Crippen molar-refractivity contribution >= 4 is 11.4 Å². The molecule has 3 rings (SSSR count). The lowest BCUT2D eigenvalue weighted by molar-refractivity contribution is -0.113. The molecule has 0 fully saturated rings. The van der Waals surface area contributed by atoms with E-state index < -0.39 is 0 Å². The monoisotopic (exact) mass is 364 g/mol. The average molecular weight is 365 g/mol. The molecule has 2 heteroatoms. The van der Waals surface area contributed by atoms with Crippen molar-refractivity contribution in [1.29, 1.82) is 0 Å². The number of carbonyl (C=O) groups excluding carboxylic acids is 1. The normalized spacial score (nSPS) is 17.6. The minimum atomic E-state index is 0.171. The fraction of sp³-hybridized carbons (Fsp3) is 0.400. The number of hydrogen-bond donors (Lipinski definition) is 1. The SMILES string of the molecule is C=CO.CCCCCc1ccc(C2=CC3=CCC(C)(C)C=C3CC2=O)cc1. The molecule has 0 spiro atoms. The summed E-state index contributed by atoms with van der Waals surface area (Å²) in [5.74, 6) is 0.245. The van der Waals surface area contributed by atoms with Gasteiger partial charge in [-0.3, -0.25) is 4.79 Å². The number of ketones is 1. The number of allylic oxidation sites excluding steroid dienone is 6. The Morgan fingerprint density at radius 2 is 1.85 bits per heavy atom. The molecule has 0 bridgehead atoms. The molecule has 27 heavy (non-hydrogen) atoms. The van der Waals surface area contributed by atoms with E-state index in [9.17, 15) is 4.79 Å². The van der Waals surface area contributed by atoms with Crippen LogP contribution in [0.5, 0.6) is 0 Å². The molecular weight excluding hydrogens is 332 g/mol. The highest BCUT2D eigenvalue weighted by Gasteiger charge is 2.27. The maximum Gasteiger partial charge on any atom is 0.167 e. The highest BCUT2D eigenvalue weighted by molar-refractivity contribution is 6.23. The molecule has 1 aromatic rings. The zero-order chi connectivity index (χ0) is 19.9. The van der Waals surface area contributed by atoms with E-state index in [-0.39, 0.29) is 11.2 Å². The molecule has 0 radical (unpaired) electrons. The molecule has 144 valence electrons. The van der Waals surface area contributed by atoms with Gasteiger partial charge in [0, 0.05) is 12.0 Å². The maximum atomic E-state index is 12.6.